The highest BCUT2D eigenvalue weighted by Crippen LogP contribution is 2.38. The van der Waals surface area contributed by atoms with E-state index in [9.17, 15) is 4.79 Å². The molecular weight excluding hydrogens is 420 g/mol. The summed E-state index contributed by atoms with van der Waals surface area (Å²) in [5.41, 5.74) is 2.82. The summed E-state index contributed by atoms with van der Waals surface area (Å²) >= 11 is 7.19. The zero-order valence-electron chi connectivity index (χ0n) is 17.2. The standard InChI is InChI=1S/C22H26N2O4S2/c1-3-26-21(25)19-15-7-5-4-6-8-18(15)30-20(19)24-22(29)23-13(2)14-9-10-16-17(11-14)28-12-27-16/h9-11,13H,3-8,12H2,1-2H3,(H2,23,24,29). The minimum absolute atomic E-state index is 0.0386. The Morgan fingerprint density at radius 2 is 2.03 bits per heavy atom. The van der Waals surface area contributed by atoms with Crippen LogP contribution in [-0.4, -0.2) is 24.5 Å². The monoisotopic (exact) mass is 446 g/mol. The first kappa shape index (κ1) is 20.9. The number of carbonyl (C=O) groups excluding carboxylic acids is 1. The second-order valence-electron chi connectivity index (χ2n) is 7.42. The Morgan fingerprint density at radius 1 is 1.23 bits per heavy atom. The number of anilines is 1. The van der Waals surface area contributed by atoms with Crippen molar-refractivity contribution in [2.45, 2.75) is 52.0 Å². The maximum atomic E-state index is 12.7. The van der Waals surface area contributed by atoms with Crippen molar-refractivity contribution in [2.75, 3.05) is 18.7 Å². The van der Waals surface area contributed by atoms with Crippen LogP contribution in [0.25, 0.3) is 0 Å². The Labute approximate surface area is 185 Å². The van der Waals surface area contributed by atoms with Gasteiger partial charge in [0.25, 0.3) is 0 Å². The molecule has 4 rings (SSSR count). The highest BCUT2D eigenvalue weighted by atomic mass is 32.1. The lowest BCUT2D eigenvalue weighted by molar-refractivity contribution is 0.0527. The van der Waals surface area contributed by atoms with Gasteiger partial charge in [0, 0.05) is 4.88 Å². The molecule has 6 nitrogen and oxygen atoms in total. The zero-order chi connectivity index (χ0) is 21.1. The number of hydrogen-bond donors (Lipinski definition) is 2. The molecule has 1 aliphatic carbocycles. The van der Waals surface area contributed by atoms with E-state index in [1.54, 1.807) is 11.3 Å². The fraction of sp³-hybridized carbons (Fsp3) is 0.455. The van der Waals surface area contributed by atoms with Crippen LogP contribution in [0.15, 0.2) is 18.2 Å². The summed E-state index contributed by atoms with van der Waals surface area (Å²) in [6.45, 7) is 4.46. The fourth-order valence-corrected chi connectivity index (χ4v) is 5.48. The number of aryl methyl sites for hydroxylation is 1. The maximum absolute atomic E-state index is 12.7. The largest absolute Gasteiger partial charge is 0.462 e. The number of thiophene rings is 1. The number of carbonyl (C=O) groups is 1. The quantitative estimate of drug-likeness (QED) is 0.382. The lowest BCUT2D eigenvalue weighted by Gasteiger charge is -2.18. The van der Waals surface area contributed by atoms with Crippen LogP contribution in [0.1, 0.15) is 65.5 Å². The molecule has 30 heavy (non-hydrogen) atoms. The number of thiocarbonyl (C=S) groups is 1. The molecule has 1 aromatic heterocycles. The van der Waals surface area contributed by atoms with Gasteiger partial charge in [-0.3, -0.25) is 0 Å². The van der Waals surface area contributed by atoms with E-state index in [0.29, 0.717) is 17.3 Å². The smallest absolute Gasteiger partial charge is 0.341 e. The number of benzene rings is 1. The van der Waals surface area contributed by atoms with Crippen LogP contribution in [0.5, 0.6) is 11.5 Å². The molecule has 1 aliphatic heterocycles. The number of esters is 1. The topological polar surface area (TPSA) is 68.8 Å². The third-order valence-electron chi connectivity index (χ3n) is 5.37. The van der Waals surface area contributed by atoms with Gasteiger partial charge in [-0.1, -0.05) is 12.5 Å². The van der Waals surface area contributed by atoms with E-state index in [2.05, 4.69) is 10.6 Å². The molecule has 0 amide bonds. The fourth-order valence-electron chi connectivity index (χ4n) is 3.85. The molecule has 1 aromatic carbocycles. The molecule has 160 valence electrons. The minimum Gasteiger partial charge on any atom is -0.462 e. The van der Waals surface area contributed by atoms with Crippen molar-refractivity contribution in [2.24, 2.45) is 0 Å². The molecule has 2 heterocycles. The van der Waals surface area contributed by atoms with Crippen molar-refractivity contribution in [3.63, 3.8) is 0 Å². The summed E-state index contributed by atoms with van der Waals surface area (Å²) in [5.74, 6) is 1.23. The van der Waals surface area contributed by atoms with Gasteiger partial charge >= 0.3 is 5.97 Å². The van der Waals surface area contributed by atoms with E-state index >= 15 is 0 Å². The first-order chi connectivity index (χ1) is 14.6. The maximum Gasteiger partial charge on any atom is 0.341 e. The van der Waals surface area contributed by atoms with E-state index in [-0.39, 0.29) is 18.8 Å². The summed E-state index contributed by atoms with van der Waals surface area (Å²) < 4.78 is 16.2. The van der Waals surface area contributed by atoms with Crippen LogP contribution >= 0.6 is 23.6 Å². The van der Waals surface area contributed by atoms with Gasteiger partial charge in [0.05, 0.1) is 18.2 Å². The number of fused-ring (bicyclic) bond motifs is 2. The van der Waals surface area contributed by atoms with E-state index in [1.807, 2.05) is 32.0 Å². The summed E-state index contributed by atoms with van der Waals surface area (Å²) in [6.07, 6.45) is 5.36. The highest BCUT2D eigenvalue weighted by molar-refractivity contribution is 7.80. The molecule has 0 saturated carbocycles. The SMILES string of the molecule is CCOC(=O)c1c(NC(=S)NC(C)c2ccc3c(c2)OCO3)sc2c1CCCCC2. The second-order valence-corrected chi connectivity index (χ2v) is 8.94. The Morgan fingerprint density at radius 3 is 2.87 bits per heavy atom. The minimum atomic E-state index is -0.272. The number of ether oxygens (including phenoxy) is 3. The van der Waals surface area contributed by atoms with Crippen molar-refractivity contribution >= 4 is 39.6 Å². The molecule has 0 radical (unpaired) electrons. The van der Waals surface area contributed by atoms with Gasteiger partial charge in [-0.25, -0.2) is 4.79 Å². The number of rotatable bonds is 5. The number of nitrogens with one attached hydrogen (secondary N) is 2. The van der Waals surface area contributed by atoms with Crippen LogP contribution < -0.4 is 20.1 Å². The van der Waals surface area contributed by atoms with E-state index < -0.39 is 0 Å². The molecule has 2 aliphatic rings. The molecule has 0 bridgehead atoms. The van der Waals surface area contributed by atoms with Crippen LogP contribution in [0.2, 0.25) is 0 Å². The Kier molecular flexibility index (Phi) is 6.43. The van der Waals surface area contributed by atoms with Gasteiger partial charge in [0.2, 0.25) is 6.79 Å². The summed E-state index contributed by atoms with van der Waals surface area (Å²) in [6, 6.07) is 5.82. The van der Waals surface area contributed by atoms with Crippen molar-refractivity contribution in [3.8, 4) is 11.5 Å². The highest BCUT2D eigenvalue weighted by Gasteiger charge is 2.26. The average molecular weight is 447 g/mol. The molecular formula is C22H26N2O4S2. The Balaban J connectivity index is 1.50. The van der Waals surface area contributed by atoms with Crippen LogP contribution in [0.3, 0.4) is 0 Å². The zero-order valence-corrected chi connectivity index (χ0v) is 18.8. The Bertz CT molecular complexity index is 957. The predicted molar refractivity (Wildman–Crippen MR) is 122 cm³/mol. The van der Waals surface area contributed by atoms with Gasteiger partial charge in [0.15, 0.2) is 16.6 Å². The van der Waals surface area contributed by atoms with Crippen LogP contribution in [0.4, 0.5) is 5.00 Å². The van der Waals surface area contributed by atoms with Crippen LogP contribution in [-0.2, 0) is 17.6 Å². The molecule has 8 heteroatoms. The van der Waals surface area contributed by atoms with Gasteiger partial charge in [-0.05, 0) is 75.0 Å². The van der Waals surface area contributed by atoms with Crippen molar-refractivity contribution in [1.82, 2.24) is 5.32 Å². The summed E-state index contributed by atoms with van der Waals surface area (Å²) in [4.78, 5) is 14.0. The van der Waals surface area contributed by atoms with Crippen molar-refractivity contribution < 1.29 is 19.0 Å². The van der Waals surface area contributed by atoms with E-state index in [0.717, 1.165) is 53.3 Å². The lowest BCUT2D eigenvalue weighted by Crippen LogP contribution is -2.31. The molecule has 1 unspecified atom stereocenters. The molecule has 0 fully saturated rings. The normalized spacial score (nSPS) is 15.7. The third-order valence-corrected chi connectivity index (χ3v) is 6.80. The molecule has 0 spiro atoms. The molecule has 0 saturated heterocycles. The summed E-state index contributed by atoms with van der Waals surface area (Å²) in [7, 11) is 0. The first-order valence-electron chi connectivity index (χ1n) is 10.4. The van der Waals surface area contributed by atoms with Crippen molar-refractivity contribution in [1.29, 1.82) is 0 Å². The molecule has 2 aromatic rings. The average Bonchev–Trinajstić information content (AvgIpc) is 3.25. The van der Waals surface area contributed by atoms with Gasteiger partial charge in [-0.15, -0.1) is 11.3 Å². The van der Waals surface area contributed by atoms with Crippen LogP contribution in [0, 0.1) is 0 Å². The van der Waals surface area contributed by atoms with Crippen molar-refractivity contribution in [3.05, 3.63) is 39.8 Å². The lowest BCUT2D eigenvalue weighted by atomic mass is 10.1. The molecule has 2 N–H and O–H groups in total. The van der Waals surface area contributed by atoms with E-state index in [1.165, 1.54) is 11.3 Å². The molecule has 1 atom stereocenters. The second kappa shape index (κ2) is 9.22. The first-order valence-corrected chi connectivity index (χ1v) is 11.6. The third kappa shape index (κ3) is 4.39. The van der Waals surface area contributed by atoms with Gasteiger partial charge < -0.3 is 24.8 Å². The van der Waals surface area contributed by atoms with Gasteiger partial charge in [0.1, 0.15) is 5.00 Å². The Hall–Kier alpha value is -2.32. The predicted octanol–water partition coefficient (Wildman–Crippen LogP) is 4.97. The van der Waals surface area contributed by atoms with E-state index in [4.69, 9.17) is 26.4 Å². The van der Waals surface area contributed by atoms with Gasteiger partial charge in [-0.2, -0.15) is 0 Å². The number of hydrogen-bond acceptors (Lipinski definition) is 6. The summed E-state index contributed by atoms with van der Waals surface area (Å²) in [5, 5.41) is 7.82.